The maximum Gasteiger partial charge on any atom is 0.387 e. The number of amides is 1. The van der Waals surface area contributed by atoms with E-state index in [0.29, 0.717) is 11.1 Å². The Labute approximate surface area is 165 Å². The molecule has 0 unspecified atom stereocenters. The third-order valence-corrected chi connectivity index (χ3v) is 4.90. The van der Waals surface area contributed by atoms with Gasteiger partial charge in [-0.25, -0.2) is 18.4 Å². The number of primary sulfonamides is 1. The van der Waals surface area contributed by atoms with Crippen molar-refractivity contribution in [3.63, 3.8) is 0 Å². The van der Waals surface area contributed by atoms with E-state index < -0.39 is 35.1 Å². The molecule has 3 N–H and O–H groups in total. The van der Waals surface area contributed by atoms with Crippen LogP contribution in [0.25, 0.3) is 0 Å². The Balaban J connectivity index is 2.00. The number of carbonyl (C=O) groups is 2. The Morgan fingerprint density at radius 1 is 1.14 bits per heavy atom. The zero-order chi connectivity index (χ0) is 21.8. The van der Waals surface area contributed by atoms with Gasteiger partial charge in [-0.3, -0.25) is 4.79 Å². The highest BCUT2D eigenvalue weighted by molar-refractivity contribution is 7.89. The summed E-state index contributed by atoms with van der Waals surface area (Å²) >= 11 is 0. The molecular weight excluding hydrogens is 410 g/mol. The van der Waals surface area contributed by atoms with Gasteiger partial charge in [0, 0.05) is 5.69 Å². The number of halogens is 2. The molecule has 0 saturated heterocycles. The van der Waals surface area contributed by atoms with Gasteiger partial charge in [-0.2, -0.15) is 8.78 Å². The molecule has 0 fully saturated rings. The lowest BCUT2D eigenvalue weighted by molar-refractivity contribution is -0.119. The molecule has 0 spiro atoms. The molecule has 0 aromatic heterocycles. The third-order valence-electron chi connectivity index (χ3n) is 3.86. The number of nitrogens with two attached hydrogens (primary N) is 1. The average Bonchev–Trinajstić information content (AvgIpc) is 2.62. The van der Waals surface area contributed by atoms with Crippen LogP contribution in [0, 0.1) is 13.8 Å². The number of rotatable bonds is 7. The van der Waals surface area contributed by atoms with E-state index in [0.717, 1.165) is 6.07 Å². The zero-order valence-electron chi connectivity index (χ0n) is 15.4. The van der Waals surface area contributed by atoms with Gasteiger partial charge >= 0.3 is 12.6 Å². The van der Waals surface area contributed by atoms with Gasteiger partial charge in [0.25, 0.3) is 5.91 Å². The molecule has 0 heterocycles. The first-order chi connectivity index (χ1) is 13.5. The quantitative estimate of drug-likeness (QED) is 0.652. The number of esters is 1. The fourth-order valence-corrected chi connectivity index (χ4v) is 3.25. The Kier molecular flexibility index (Phi) is 6.88. The van der Waals surface area contributed by atoms with E-state index in [4.69, 9.17) is 9.88 Å². The normalized spacial score (nSPS) is 11.2. The molecule has 0 aliphatic carbocycles. The number of sulfonamides is 1. The summed E-state index contributed by atoms with van der Waals surface area (Å²) in [5.74, 6) is -1.67. The first-order valence-corrected chi connectivity index (χ1v) is 9.68. The van der Waals surface area contributed by atoms with Gasteiger partial charge in [-0.15, -0.1) is 0 Å². The summed E-state index contributed by atoms with van der Waals surface area (Å²) in [6.45, 7) is -0.453. The smallest absolute Gasteiger partial charge is 0.387 e. The van der Waals surface area contributed by atoms with Crippen molar-refractivity contribution < 1.29 is 36.3 Å². The van der Waals surface area contributed by atoms with Crippen LogP contribution in [0.2, 0.25) is 0 Å². The number of ether oxygens (including phenoxy) is 2. The predicted octanol–water partition coefficient (Wildman–Crippen LogP) is 2.35. The lowest BCUT2D eigenvalue weighted by atomic mass is 10.1. The van der Waals surface area contributed by atoms with Crippen molar-refractivity contribution in [3.05, 3.63) is 53.1 Å². The minimum atomic E-state index is -4.04. The highest BCUT2D eigenvalue weighted by Crippen LogP contribution is 2.21. The monoisotopic (exact) mass is 428 g/mol. The summed E-state index contributed by atoms with van der Waals surface area (Å²) < 4.78 is 56.6. The number of aryl methyl sites for hydroxylation is 1. The van der Waals surface area contributed by atoms with Gasteiger partial charge in [0.1, 0.15) is 5.75 Å². The SMILES string of the molecule is Cc1cc(C(=O)OCC(=O)Nc2ccc(OC(F)F)cc2)cc(S(N)(=O)=O)c1C. The van der Waals surface area contributed by atoms with E-state index in [2.05, 4.69) is 10.1 Å². The van der Waals surface area contributed by atoms with Crippen LogP contribution in [0.4, 0.5) is 14.5 Å². The summed E-state index contributed by atoms with van der Waals surface area (Å²) in [7, 11) is -4.04. The average molecular weight is 428 g/mol. The minimum absolute atomic E-state index is 0.0709. The lowest BCUT2D eigenvalue weighted by Gasteiger charge is -2.11. The second kappa shape index (κ2) is 8.97. The summed E-state index contributed by atoms with van der Waals surface area (Å²) in [6, 6.07) is 7.64. The number of nitrogens with one attached hydrogen (secondary N) is 1. The summed E-state index contributed by atoms with van der Waals surface area (Å²) in [5.41, 5.74) is 1.12. The van der Waals surface area contributed by atoms with Crippen molar-refractivity contribution in [2.24, 2.45) is 5.14 Å². The van der Waals surface area contributed by atoms with Crippen LogP contribution >= 0.6 is 0 Å². The predicted molar refractivity (Wildman–Crippen MR) is 99.3 cm³/mol. The molecule has 0 atom stereocenters. The number of benzene rings is 2. The van der Waals surface area contributed by atoms with Crippen molar-refractivity contribution in [1.82, 2.24) is 0 Å². The largest absolute Gasteiger partial charge is 0.452 e. The molecule has 11 heteroatoms. The third kappa shape index (κ3) is 6.22. The van der Waals surface area contributed by atoms with E-state index in [1.807, 2.05) is 0 Å². The summed E-state index contributed by atoms with van der Waals surface area (Å²) in [4.78, 5) is 23.9. The van der Waals surface area contributed by atoms with Gasteiger partial charge in [-0.1, -0.05) is 0 Å². The molecule has 0 saturated carbocycles. The highest BCUT2D eigenvalue weighted by atomic mass is 32.2. The fraction of sp³-hybridized carbons (Fsp3) is 0.222. The Morgan fingerprint density at radius 2 is 1.76 bits per heavy atom. The van der Waals surface area contributed by atoms with E-state index in [1.165, 1.54) is 30.3 Å². The second-order valence-corrected chi connectivity index (χ2v) is 7.52. The number of hydrogen-bond donors (Lipinski definition) is 2. The minimum Gasteiger partial charge on any atom is -0.452 e. The number of anilines is 1. The van der Waals surface area contributed by atoms with E-state index in [-0.39, 0.29) is 21.9 Å². The highest BCUT2D eigenvalue weighted by Gasteiger charge is 2.19. The molecule has 0 aliphatic rings. The summed E-state index contributed by atoms with van der Waals surface area (Å²) in [5, 5.41) is 7.56. The molecule has 0 bridgehead atoms. The summed E-state index contributed by atoms with van der Waals surface area (Å²) in [6.07, 6.45) is 0. The van der Waals surface area contributed by atoms with E-state index >= 15 is 0 Å². The van der Waals surface area contributed by atoms with Gasteiger partial charge in [0.2, 0.25) is 10.0 Å². The maximum atomic E-state index is 12.2. The van der Waals surface area contributed by atoms with Crippen molar-refractivity contribution in [1.29, 1.82) is 0 Å². The number of hydrogen-bond acceptors (Lipinski definition) is 6. The zero-order valence-corrected chi connectivity index (χ0v) is 16.3. The van der Waals surface area contributed by atoms with Crippen LogP contribution in [-0.4, -0.2) is 33.5 Å². The van der Waals surface area contributed by atoms with Crippen LogP contribution in [0.1, 0.15) is 21.5 Å². The van der Waals surface area contributed by atoms with Crippen LogP contribution in [0.15, 0.2) is 41.3 Å². The number of carbonyl (C=O) groups excluding carboxylic acids is 2. The Hall–Kier alpha value is -3.05. The molecule has 2 aromatic carbocycles. The first-order valence-electron chi connectivity index (χ1n) is 8.13. The first kappa shape index (κ1) is 22.2. The van der Waals surface area contributed by atoms with Crippen LogP contribution in [0.5, 0.6) is 5.75 Å². The molecule has 0 radical (unpaired) electrons. The molecule has 2 rings (SSSR count). The molecule has 1 amide bonds. The van der Waals surface area contributed by atoms with Crippen molar-refractivity contribution in [3.8, 4) is 5.75 Å². The van der Waals surface area contributed by atoms with Crippen molar-refractivity contribution >= 4 is 27.6 Å². The topological polar surface area (TPSA) is 125 Å². The van der Waals surface area contributed by atoms with Crippen LogP contribution in [-0.2, 0) is 19.6 Å². The van der Waals surface area contributed by atoms with Crippen LogP contribution < -0.4 is 15.2 Å². The van der Waals surface area contributed by atoms with Crippen molar-refractivity contribution in [2.45, 2.75) is 25.4 Å². The van der Waals surface area contributed by atoms with Gasteiger partial charge < -0.3 is 14.8 Å². The van der Waals surface area contributed by atoms with E-state index in [1.54, 1.807) is 13.8 Å². The van der Waals surface area contributed by atoms with Gasteiger partial charge in [-0.05, 0) is 61.4 Å². The molecule has 8 nitrogen and oxygen atoms in total. The Bertz CT molecular complexity index is 1020. The van der Waals surface area contributed by atoms with Gasteiger partial charge in [0.15, 0.2) is 6.61 Å². The Morgan fingerprint density at radius 3 is 2.31 bits per heavy atom. The fourth-order valence-electron chi connectivity index (χ4n) is 2.37. The van der Waals surface area contributed by atoms with E-state index in [9.17, 15) is 26.8 Å². The molecule has 156 valence electrons. The standard InChI is InChI=1S/C18H18F2N2O6S/c1-10-7-12(8-15(11(10)2)29(21,25)26)17(24)27-9-16(23)22-13-3-5-14(6-4-13)28-18(19)20/h3-8,18H,9H2,1-2H3,(H,22,23)(H2,21,25,26). The van der Waals surface area contributed by atoms with Gasteiger partial charge in [0.05, 0.1) is 10.5 Å². The molecule has 0 aliphatic heterocycles. The van der Waals surface area contributed by atoms with Crippen LogP contribution in [0.3, 0.4) is 0 Å². The van der Waals surface area contributed by atoms with Crippen molar-refractivity contribution in [2.75, 3.05) is 11.9 Å². The molecule has 29 heavy (non-hydrogen) atoms. The molecule has 2 aromatic rings. The maximum absolute atomic E-state index is 12.2. The number of alkyl halides is 2. The lowest BCUT2D eigenvalue weighted by Crippen LogP contribution is -2.21. The second-order valence-electron chi connectivity index (χ2n) is 5.99. The molecular formula is C18H18F2N2O6S.